The molecule has 0 saturated heterocycles. The van der Waals surface area contributed by atoms with Crippen LogP contribution in [0.1, 0.15) is 15.9 Å². The van der Waals surface area contributed by atoms with Crippen molar-refractivity contribution < 1.29 is 14.3 Å². The molecule has 16 heavy (non-hydrogen) atoms. The molecule has 4 nitrogen and oxygen atoms in total. The van der Waals surface area contributed by atoms with Crippen LogP contribution < -0.4 is 4.73 Å². The molecule has 0 saturated carbocycles. The number of aromatic nitrogens is 1. The molecule has 0 aliphatic carbocycles. The van der Waals surface area contributed by atoms with Crippen LogP contribution in [-0.2, 0) is 4.74 Å². The van der Waals surface area contributed by atoms with E-state index in [1.165, 1.54) is 13.3 Å². The minimum absolute atomic E-state index is 0.422. The number of fused-ring (bicyclic) bond motifs is 1. The second-order valence-corrected chi connectivity index (χ2v) is 3.50. The number of benzene rings is 1. The van der Waals surface area contributed by atoms with E-state index < -0.39 is 5.97 Å². The third-order valence-electron chi connectivity index (χ3n) is 2.59. The number of methoxy groups -OCH3 is 1. The maximum absolute atomic E-state index is 11.6. The molecule has 0 N–H and O–H groups in total. The lowest BCUT2D eigenvalue weighted by Crippen LogP contribution is -2.27. The Morgan fingerprint density at radius 2 is 2.12 bits per heavy atom. The molecule has 0 unspecified atom stereocenters. The second-order valence-electron chi connectivity index (χ2n) is 3.50. The van der Waals surface area contributed by atoms with Gasteiger partial charge in [-0.3, -0.25) is 0 Å². The SMILES string of the molecule is COC(=O)c1ccc2ccc[n+]([O-])c2c1C. The fourth-order valence-electron chi connectivity index (χ4n) is 1.78. The standard InChI is InChI=1S/C12H11NO3/c1-8-10(12(14)16-2)6-5-9-4-3-7-13(15)11(8)9/h3-7H,1-2H3. The molecule has 0 aliphatic rings. The number of pyridine rings is 1. The highest BCUT2D eigenvalue weighted by Gasteiger charge is 2.16. The molecule has 0 spiro atoms. The third kappa shape index (κ3) is 1.48. The highest BCUT2D eigenvalue weighted by atomic mass is 16.5. The highest BCUT2D eigenvalue weighted by molar-refractivity contribution is 5.96. The van der Waals surface area contributed by atoms with Gasteiger partial charge in [0.15, 0.2) is 6.20 Å². The van der Waals surface area contributed by atoms with Crippen molar-refractivity contribution >= 4 is 16.9 Å². The first kappa shape index (κ1) is 10.4. The third-order valence-corrected chi connectivity index (χ3v) is 2.59. The van der Waals surface area contributed by atoms with Crippen LogP contribution in [0.15, 0.2) is 30.5 Å². The van der Waals surface area contributed by atoms with Gasteiger partial charge in [-0.25, -0.2) is 4.79 Å². The smallest absolute Gasteiger partial charge is 0.338 e. The number of nitrogens with zero attached hydrogens (tertiary/aromatic N) is 1. The van der Waals surface area contributed by atoms with Gasteiger partial charge in [0, 0.05) is 17.0 Å². The molecule has 0 fully saturated rings. The van der Waals surface area contributed by atoms with E-state index >= 15 is 0 Å². The molecule has 82 valence electrons. The summed E-state index contributed by atoms with van der Waals surface area (Å²) in [5.41, 5.74) is 1.57. The minimum atomic E-state index is -0.428. The van der Waals surface area contributed by atoms with E-state index in [4.69, 9.17) is 0 Å². The average molecular weight is 217 g/mol. The summed E-state index contributed by atoms with van der Waals surface area (Å²) < 4.78 is 5.42. The van der Waals surface area contributed by atoms with E-state index in [1.807, 2.05) is 6.07 Å². The van der Waals surface area contributed by atoms with E-state index in [1.54, 1.807) is 25.1 Å². The van der Waals surface area contributed by atoms with Crippen molar-refractivity contribution in [3.8, 4) is 0 Å². The first-order valence-corrected chi connectivity index (χ1v) is 4.85. The minimum Gasteiger partial charge on any atom is -0.618 e. The Balaban J connectivity index is 2.78. The quantitative estimate of drug-likeness (QED) is 0.414. The van der Waals surface area contributed by atoms with Gasteiger partial charge >= 0.3 is 5.97 Å². The van der Waals surface area contributed by atoms with Crippen LogP contribution in [0, 0.1) is 12.1 Å². The zero-order valence-corrected chi connectivity index (χ0v) is 9.06. The summed E-state index contributed by atoms with van der Waals surface area (Å²) in [6.45, 7) is 1.74. The molecule has 4 heteroatoms. The Bertz CT molecular complexity index is 563. The highest BCUT2D eigenvalue weighted by Crippen LogP contribution is 2.18. The maximum Gasteiger partial charge on any atom is 0.338 e. The van der Waals surface area contributed by atoms with Crippen molar-refractivity contribution in [1.82, 2.24) is 0 Å². The predicted molar refractivity (Wildman–Crippen MR) is 59.0 cm³/mol. The molecule has 2 rings (SSSR count). The van der Waals surface area contributed by atoms with Crippen molar-refractivity contribution in [2.45, 2.75) is 6.92 Å². The largest absolute Gasteiger partial charge is 0.618 e. The van der Waals surface area contributed by atoms with Gasteiger partial charge < -0.3 is 9.94 Å². The number of ether oxygens (including phenoxy) is 1. The molecule has 0 bridgehead atoms. The first-order chi connectivity index (χ1) is 7.65. The van der Waals surface area contributed by atoms with Gasteiger partial charge in [-0.1, -0.05) is 0 Å². The Kier molecular flexibility index (Phi) is 2.48. The first-order valence-electron chi connectivity index (χ1n) is 4.85. The van der Waals surface area contributed by atoms with E-state index in [0.29, 0.717) is 16.6 Å². The maximum atomic E-state index is 11.6. The van der Waals surface area contributed by atoms with Gasteiger partial charge in [-0.05, 0) is 25.1 Å². The van der Waals surface area contributed by atoms with Gasteiger partial charge in [0.25, 0.3) is 0 Å². The number of hydrogen-bond acceptors (Lipinski definition) is 3. The fraction of sp³-hybridized carbons (Fsp3) is 0.167. The lowest BCUT2D eigenvalue weighted by molar-refractivity contribution is -0.577. The van der Waals surface area contributed by atoms with Gasteiger partial charge in [-0.2, -0.15) is 4.73 Å². The summed E-state index contributed by atoms with van der Waals surface area (Å²) in [6, 6.07) is 6.91. The van der Waals surface area contributed by atoms with Crippen LogP contribution >= 0.6 is 0 Å². The lowest BCUT2D eigenvalue weighted by Gasteiger charge is -2.07. The Morgan fingerprint density at radius 3 is 2.81 bits per heavy atom. The number of carbonyl (C=O) groups is 1. The zero-order valence-electron chi connectivity index (χ0n) is 9.06. The Hall–Kier alpha value is -2.10. The predicted octanol–water partition coefficient (Wildman–Crippen LogP) is 1.57. The number of aryl methyl sites for hydroxylation is 1. The van der Waals surface area contributed by atoms with Gasteiger partial charge in [0.05, 0.1) is 12.7 Å². The van der Waals surface area contributed by atoms with Crippen molar-refractivity contribution in [3.63, 3.8) is 0 Å². The van der Waals surface area contributed by atoms with Crippen LogP contribution in [0.3, 0.4) is 0 Å². The number of esters is 1. The Labute approximate surface area is 92.7 Å². The van der Waals surface area contributed by atoms with E-state index in [9.17, 15) is 10.0 Å². The normalized spacial score (nSPS) is 10.4. The van der Waals surface area contributed by atoms with Crippen molar-refractivity contribution in [2.24, 2.45) is 0 Å². The van der Waals surface area contributed by atoms with Crippen LogP contribution in [0.5, 0.6) is 0 Å². The molecule has 0 amide bonds. The van der Waals surface area contributed by atoms with Crippen molar-refractivity contribution in [2.75, 3.05) is 7.11 Å². The fourth-order valence-corrected chi connectivity index (χ4v) is 1.78. The molecule has 1 aromatic carbocycles. The van der Waals surface area contributed by atoms with Gasteiger partial charge in [0.1, 0.15) is 0 Å². The van der Waals surface area contributed by atoms with E-state index in [-0.39, 0.29) is 0 Å². The topological polar surface area (TPSA) is 53.2 Å². The molecule has 1 heterocycles. The molecule has 2 aromatic rings. The van der Waals surface area contributed by atoms with Crippen LogP contribution in [0.2, 0.25) is 0 Å². The zero-order chi connectivity index (χ0) is 11.7. The summed E-state index contributed by atoms with van der Waals surface area (Å²) in [4.78, 5) is 11.5. The summed E-state index contributed by atoms with van der Waals surface area (Å²) >= 11 is 0. The van der Waals surface area contributed by atoms with Crippen molar-refractivity contribution in [1.29, 1.82) is 0 Å². The van der Waals surface area contributed by atoms with Crippen LogP contribution in [0.4, 0.5) is 0 Å². The summed E-state index contributed by atoms with van der Waals surface area (Å²) in [5.74, 6) is -0.428. The van der Waals surface area contributed by atoms with E-state index in [0.717, 1.165) is 10.1 Å². The molecular weight excluding hydrogens is 206 g/mol. The van der Waals surface area contributed by atoms with Crippen LogP contribution in [-0.4, -0.2) is 13.1 Å². The monoisotopic (exact) mass is 217 g/mol. The average Bonchev–Trinajstić information content (AvgIpc) is 2.28. The van der Waals surface area contributed by atoms with Gasteiger partial charge in [-0.15, -0.1) is 0 Å². The van der Waals surface area contributed by atoms with Gasteiger partial charge in [0.2, 0.25) is 5.52 Å². The molecule has 0 aliphatic heterocycles. The van der Waals surface area contributed by atoms with E-state index in [2.05, 4.69) is 4.74 Å². The molecule has 0 radical (unpaired) electrons. The summed E-state index contributed by atoms with van der Waals surface area (Å²) in [5, 5.41) is 12.4. The van der Waals surface area contributed by atoms with Crippen molar-refractivity contribution in [3.05, 3.63) is 46.8 Å². The molecule has 0 atom stereocenters. The Morgan fingerprint density at radius 1 is 1.38 bits per heavy atom. The molecule has 1 aromatic heterocycles. The number of hydrogen-bond donors (Lipinski definition) is 0. The van der Waals surface area contributed by atoms with Crippen LogP contribution in [0.25, 0.3) is 10.9 Å². The second kappa shape index (κ2) is 3.81. The lowest BCUT2D eigenvalue weighted by atomic mass is 10.0. The summed E-state index contributed by atoms with van der Waals surface area (Å²) in [7, 11) is 1.32. The summed E-state index contributed by atoms with van der Waals surface area (Å²) in [6.07, 6.45) is 1.41. The number of carbonyl (C=O) groups excluding carboxylic acids is 1. The molecular formula is C12H11NO3. The number of rotatable bonds is 1.